The first kappa shape index (κ1) is 16.3. The molecule has 4 rings (SSSR count). The number of nitrogens with zero attached hydrogens (tertiary/aromatic N) is 3. The summed E-state index contributed by atoms with van der Waals surface area (Å²) < 4.78 is 7.98. The van der Waals surface area contributed by atoms with Gasteiger partial charge in [-0.2, -0.15) is 0 Å². The molecule has 0 unspecified atom stereocenters. The fourth-order valence-corrected chi connectivity index (χ4v) is 3.28. The van der Waals surface area contributed by atoms with Crippen LogP contribution in [0.3, 0.4) is 0 Å². The molecule has 1 heterocycles. The van der Waals surface area contributed by atoms with Crippen molar-refractivity contribution < 1.29 is 4.74 Å². The van der Waals surface area contributed by atoms with Crippen LogP contribution in [-0.2, 0) is 7.05 Å². The first-order valence-corrected chi connectivity index (χ1v) is 8.79. The smallest absolute Gasteiger partial charge is 0.129 e. The molecule has 4 aromatic rings. The zero-order valence-electron chi connectivity index (χ0n) is 15.2. The summed E-state index contributed by atoms with van der Waals surface area (Å²) >= 11 is 0. The van der Waals surface area contributed by atoms with Crippen LogP contribution in [0.2, 0.25) is 0 Å². The molecule has 4 nitrogen and oxygen atoms in total. The van der Waals surface area contributed by atoms with E-state index in [2.05, 4.69) is 52.8 Å². The highest BCUT2D eigenvalue weighted by molar-refractivity contribution is 6.01. The van der Waals surface area contributed by atoms with Gasteiger partial charge < -0.3 is 4.74 Å². The van der Waals surface area contributed by atoms with Crippen molar-refractivity contribution in [1.29, 1.82) is 0 Å². The lowest BCUT2D eigenvalue weighted by Crippen LogP contribution is -2.07. The largest absolute Gasteiger partial charge is 0.490 e. The van der Waals surface area contributed by atoms with Crippen LogP contribution in [0.1, 0.15) is 13.8 Å². The molecule has 4 heteroatoms. The summed E-state index contributed by atoms with van der Waals surface area (Å²) in [6.07, 6.45) is 0.0799. The molecule has 0 aliphatic rings. The van der Waals surface area contributed by atoms with Crippen molar-refractivity contribution >= 4 is 10.8 Å². The molecule has 0 aliphatic carbocycles. The number of ether oxygens (including phenoxy) is 1. The summed E-state index contributed by atoms with van der Waals surface area (Å²) in [7, 11) is 1.93. The van der Waals surface area contributed by atoms with Gasteiger partial charge in [-0.15, -0.1) is 5.10 Å². The minimum atomic E-state index is 0.0799. The second-order valence-electron chi connectivity index (χ2n) is 6.60. The van der Waals surface area contributed by atoms with Crippen LogP contribution >= 0.6 is 0 Å². The third-order valence-electron chi connectivity index (χ3n) is 4.36. The zero-order chi connectivity index (χ0) is 18.1. The molecular formula is C22H21N3O. The number of rotatable bonds is 4. The van der Waals surface area contributed by atoms with Crippen LogP contribution in [0.5, 0.6) is 5.75 Å². The highest BCUT2D eigenvalue weighted by atomic mass is 16.5. The van der Waals surface area contributed by atoms with Gasteiger partial charge in [-0.3, -0.25) is 0 Å². The van der Waals surface area contributed by atoms with Crippen molar-refractivity contribution in [3.63, 3.8) is 0 Å². The fourth-order valence-electron chi connectivity index (χ4n) is 3.28. The Bertz CT molecular complexity index is 1050. The molecule has 0 aliphatic heterocycles. The van der Waals surface area contributed by atoms with Gasteiger partial charge in [-0.05, 0) is 30.7 Å². The van der Waals surface area contributed by atoms with E-state index in [1.54, 1.807) is 0 Å². The van der Waals surface area contributed by atoms with Crippen molar-refractivity contribution in [2.75, 3.05) is 0 Å². The summed E-state index contributed by atoms with van der Waals surface area (Å²) in [5.41, 5.74) is 3.89. The van der Waals surface area contributed by atoms with Crippen LogP contribution in [-0.4, -0.2) is 21.1 Å². The van der Waals surface area contributed by atoms with E-state index in [0.29, 0.717) is 0 Å². The van der Waals surface area contributed by atoms with Gasteiger partial charge in [0.1, 0.15) is 17.1 Å². The van der Waals surface area contributed by atoms with E-state index in [1.165, 1.54) is 5.39 Å². The third-order valence-corrected chi connectivity index (χ3v) is 4.36. The fraction of sp³-hybridized carbons (Fsp3) is 0.182. The first-order chi connectivity index (χ1) is 12.6. The molecule has 130 valence electrons. The second-order valence-corrected chi connectivity index (χ2v) is 6.60. The number of aryl methyl sites for hydroxylation is 1. The van der Waals surface area contributed by atoms with Gasteiger partial charge in [-0.25, -0.2) is 4.68 Å². The third kappa shape index (κ3) is 2.84. The molecule has 0 amide bonds. The van der Waals surface area contributed by atoms with Gasteiger partial charge in [0.15, 0.2) is 0 Å². The van der Waals surface area contributed by atoms with E-state index in [4.69, 9.17) is 4.74 Å². The predicted octanol–water partition coefficient (Wildman–Crippen LogP) is 5.09. The molecule has 0 saturated carbocycles. The summed E-state index contributed by atoms with van der Waals surface area (Å²) in [4.78, 5) is 0. The zero-order valence-corrected chi connectivity index (χ0v) is 15.2. The molecule has 26 heavy (non-hydrogen) atoms. The van der Waals surface area contributed by atoms with Gasteiger partial charge in [-0.1, -0.05) is 65.9 Å². The van der Waals surface area contributed by atoms with Crippen LogP contribution in [0.4, 0.5) is 0 Å². The molecule has 0 spiro atoms. The normalized spacial score (nSPS) is 11.2. The Labute approximate surface area is 153 Å². The lowest BCUT2D eigenvalue weighted by Gasteiger charge is -2.17. The van der Waals surface area contributed by atoms with Crippen LogP contribution < -0.4 is 4.74 Å². The molecule has 0 fully saturated rings. The van der Waals surface area contributed by atoms with Gasteiger partial charge in [0.25, 0.3) is 0 Å². The molecule has 0 saturated heterocycles. The van der Waals surface area contributed by atoms with Crippen molar-refractivity contribution in [2.45, 2.75) is 20.0 Å². The average molecular weight is 343 g/mol. The Balaban J connectivity index is 2.04. The quantitative estimate of drug-likeness (QED) is 0.518. The Morgan fingerprint density at radius 2 is 1.62 bits per heavy atom. The number of hydrogen-bond acceptors (Lipinski definition) is 3. The van der Waals surface area contributed by atoms with Crippen molar-refractivity contribution in [3.05, 3.63) is 66.7 Å². The van der Waals surface area contributed by atoms with E-state index in [0.717, 1.165) is 33.7 Å². The summed E-state index contributed by atoms with van der Waals surface area (Å²) in [5, 5.41) is 11.1. The summed E-state index contributed by atoms with van der Waals surface area (Å²) in [6.45, 7) is 4.08. The van der Waals surface area contributed by atoms with Crippen LogP contribution in [0.25, 0.3) is 33.3 Å². The highest BCUT2D eigenvalue weighted by Gasteiger charge is 2.21. The number of benzene rings is 3. The van der Waals surface area contributed by atoms with Gasteiger partial charge in [0.2, 0.25) is 0 Å². The van der Waals surface area contributed by atoms with Crippen molar-refractivity contribution in [1.82, 2.24) is 15.0 Å². The Morgan fingerprint density at radius 1 is 0.885 bits per heavy atom. The maximum Gasteiger partial charge on any atom is 0.129 e. The standard InChI is InChI=1S/C22H21N3O/c1-15(2)26-19-14-13-16-9-7-8-12-18(16)20(19)22-21(23-24-25(22)3)17-10-5-4-6-11-17/h4-15H,1-3H3. The molecular weight excluding hydrogens is 322 g/mol. The summed E-state index contributed by atoms with van der Waals surface area (Å²) in [6, 6.07) is 22.6. The highest BCUT2D eigenvalue weighted by Crippen LogP contribution is 2.41. The van der Waals surface area contributed by atoms with Gasteiger partial charge in [0.05, 0.1) is 11.7 Å². The van der Waals surface area contributed by atoms with Crippen molar-refractivity contribution in [3.8, 4) is 28.3 Å². The molecule has 0 N–H and O–H groups in total. The SMILES string of the molecule is CC(C)Oc1ccc2ccccc2c1-c1c(-c2ccccc2)nnn1C. The maximum absolute atomic E-state index is 6.15. The monoisotopic (exact) mass is 343 g/mol. The number of aromatic nitrogens is 3. The Morgan fingerprint density at radius 3 is 2.38 bits per heavy atom. The van der Waals surface area contributed by atoms with Gasteiger partial charge >= 0.3 is 0 Å². The Kier molecular flexibility index (Phi) is 4.17. The van der Waals surface area contributed by atoms with E-state index in [9.17, 15) is 0 Å². The van der Waals surface area contributed by atoms with Gasteiger partial charge in [0, 0.05) is 12.6 Å². The molecule has 3 aromatic carbocycles. The maximum atomic E-state index is 6.15. The second kappa shape index (κ2) is 6.64. The Hall–Kier alpha value is -3.14. The molecule has 0 bridgehead atoms. The molecule has 0 atom stereocenters. The van der Waals surface area contributed by atoms with Crippen LogP contribution in [0.15, 0.2) is 66.7 Å². The molecule has 0 radical (unpaired) electrons. The number of hydrogen-bond donors (Lipinski definition) is 0. The molecule has 1 aromatic heterocycles. The minimum Gasteiger partial charge on any atom is -0.490 e. The number of fused-ring (bicyclic) bond motifs is 1. The van der Waals surface area contributed by atoms with E-state index in [1.807, 2.05) is 49.8 Å². The topological polar surface area (TPSA) is 39.9 Å². The van der Waals surface area contributed by atoms with E-state index >= 15 is 0 Å². The minimum absolute atomic E-state index is 0.0799. The lowest BCUT2D eigenvalue weighted by molar-refractivity contribution is 0.243. The average Bonchev–Trinajstić information content (AvgIpc) is 3.03. The summed E-state index contributed by atoms with van der Waals surface area (Å²) in [5.74, 6) is 0.848. The van der Waals surface area contributed by atoms with Crippen LogP contribution in [0, 0.1) is 0 Å². The predicted molar refractivity (Wildman–Crippen MR) is 105 cm³/mol. The van der Waals surface area contributed by atoms with Crippen molar-refractivity contribution in [2.24, 2.45) is 7.05 Å². The van der Waals surface area contributed by atoms with E-state index in [-0.39, 0.29) is 6.10 Å². The lowest BCUT2D eigenvalue weighted by atomic mass is 9.97. The first-order valence-electron chi connectivity index (χ1n) is 8.79. The van der Waals surface area contributed by atoms with E-state index < -0.39 is 0 Å².